The molecule has 134 valence electrons. The highest BCUT2D eigenvalue weighted by Gasteiger charge is 2.62. The minimum absolute atomic E-state index is 0.459. The highest BCUT2D eigenvalue weighted by molar-refractivity contribution is 6.27. The van der Waals surface area contributed by atoms with Crippen LogP contribution in [-0.2, 0) is 9.59 Å². The van der Waals surface area contributed by atoms with E-state index in [1.807, 2.05) is 0 Å². The van der Waals surface area contributed by atoms with Gasteiger partial charge in [-0.3, -0.25) is 9.59 Å². The molecular formula is C18H12O8-2. The van der Waals surface area contributed by atoms with Crippen LogP contribution in [0.15, 0.2) is 60.7 Å². The fraction of sp³-hybridized carbons (Fsp3) is 0.111. The number of hydrogen-bond acceptors (Lipinski definition) is 8. The molecule has 8 heteroatoms. The zero-order valence-electron chi connectivity index (χ0n) is 13.1. The largest absolute Gasteiger partial charge is 0.546 e. The molecule has 0 aliphatic rings. The Labute approximate surface area is 147 Å². The Morgan fingerprint density at radius 1 is 0.615 bits per heavy atom. The predicted octanol–water partition coefficient (Wildman–Crippen LogP) is -2.29. The van der Waals surface area contributed by atoms with Gasteiger partial charge in [-0.25, -0.2) is 0 Å². The monoisotopic (exact) mass is 356 g/mol. The lowest BCUT2D eigenvalue weighted by atomic mass is 9.73. The molecule has 2 aromatic carbocycles. The Morgan fingerprint density at radius 2 is 0.885 bits per heavy atom. The van der Waals surface area contributed by atoms with E-state index in [1.54, 1.807) is 0 Å². The van der Waals surface area contributed by atoms with Gasteiger partial charge >= 0.3 is 0 Å². The lowest BCUT2D eigenvalue weighted by Crippen LogP contribution is -2.76. The van der Waals surface area contributed by atoms with Gasteiger partial charge in [0.15, 0.2) is 0 Å². The molecule has 2 atom stereocenters. The van der Waals surface area contributed by atoms with E-state index in [9.17, 15) is 39.6 Å². The molecule has 0 fully saturated rings. The van der Waals surface area contributed by atoms with E-state index in [1.165, 1.54) is 36.4 Å². The van der Waals surface area contributed by atoms with Gasteiger partial charge in [0.05, 0.1) is 11.9 Å². The summed E-state index contributed by atoms with van der Waals surface area (Å²) in [4.78, 5) is 48.1. The fourth-order valence-corrected chi connectivity index (χ4v) is 2.41. The highest BCUT2D eigenvalue weighted by Crippen LogP contribution is 2.30. The van der Waals surface area contributed by atoms with Crippen molar-refractivity contribution < 1.29 is 39.6 Å². The summed E-state index contributed by atoms with van der Waals surface area (Å²) in [6.07, 6.45) is 0. The Hall–Kier alpha value is -3.36. The number of carbonyl (C=O) groups excluding carboxylic acids is 4. The summed E-state index contributed by atoms with van der Waals surface area (Å²) in [5.41, 5.74) is -9.17. The lowest BCUT2D eigenvalue weighted by molar-refractivity contribution is -0.346. The van der Waals surface area contributed by atoms with Crippen LogP contribution < -0.4 is 10.2 Å². The molecule has 0 saturated heterocycles. The number of carboxylic acids is 2. The van der Waals surface area contributed by atoms with Crippen molar-refractivity contribution >= 4 is 23.5 Å². The van der Waals surface area contributed by atoms with Crippen LogP contribution in [0.1, 0.15) is 20.7 Å². The first-order valence-corrected chi connectivity index (χ1v) is 7.24. The van der Waals surface area contributed by atoms with E-state index >= 15 is 0 Å². The van der Waals surface area contributed by atoms with Crippen molar-refractivity contribution in [3.63, 3.8) is 0 Å². The van der Waals surface area contributed by atoms with Crippen molar-refractivity contribution in [2.24, 2.45) is 0 Å². The SMILES string of the molecule is O=C([O-])[C@@](O)(C(=O)c1ccccc1)[C@@](O)(C(=O)[O-])C(=O)c1ccccc1. The average Bonchev–Trinajstić information content (AvgIpc) is 2.66. The molecule has 0 saturated carbocycles. The number of Topliss-reactive ketones (excluding diaryl/α,β-unsaturated/α-hetero) is 2. The molecule has 0 heterocycles. The van der Waals surface area contributed by atoms with Gasteiger partial charge in [-0.2, -0.15) is 0 Å². The number of carboxylic acid groups (broad SMARTS) is 2. The standard InChI is InChI=1S/C18H14O8/c19-13(11-7-3-1-4-8-11)17(25,15(21)22)18(26,16(23)24)14(20)12-9-5-2-6-10-12/h1-10,25-26H,(H,21,22)(H,23,24)/p-2/t17-,18-/m0/s1. The average molecular weight is 356 g/mol. The molecule has 2 N–H and O–H groups in total. The van der Waals surface area contributed by atoms with Crippen LogP contribution in [-0.4, -0.2) is 44.9 Å². The topological polar surface area (TPSA) is 155 Å². The summed E-state index contributed by atoms with van der Waals surface area (Å²) in [5, 5.41) is 43.9. The van der Waals surface area contributed by atoms with Crippen LogP contribution in [0.5, 0.6) is 0 Å². The number of benzene rings is 2. The predicted molar refractivity (Wildman–Crippen MR) is 81.5 cm³/mol. The first-order chi connectivity index (χ1) is 12.2. The van der Waals surface area contributed by atoms with Gasteiger partial charge in [0.2, 0.25) is 22.8 Å². The molecule has 0 bridgehead atoms. The van der Waals surface area contributed by atoms with Gasteiger partial charge in [-0.15, -0.1) is 0 Å². The number of ketones is 2. The second-order valence-corrected chi connectivity index (χ2v) is 5.39. The molecule has 0 radical (unpaired) electrons. The van der Waals surface area contributed by atoms with Gasteiger partial charge < -0.3 is 30.0 Å². The highest BCUT2D eigenvalue weighted by atomic mass is 16.5. The van der Waals surface area contributed by atoms with Crippen LogP contribution in [0.2, 0.25) is 0 Å². The maximum Gasteiger partial charge on any atom is 0.209 e. The van der Waals surface area contributed by atoms with E-state index < -0.39 is 45.8 Å². The van der Waals surface area contributed by atoms with Crippen molar-refractivity contribution in [1.82, 2.24) is 0 Å². The van der Waals surface area contributed by atoms with Crippen molar-refractivity contribution in [3.05, 3.63) is 71.8 Å². The van der Waals surface area contributed by atoms with E-state index in [0.29, 0.717) is 0 Å². The smallest absolute Gasteiger partial charge is 0.209 e. The minimum atomic E-state index is -4.12. The van der Waals surface area contributed by atoms with E-state index in [-0.39, 0.29) is 0 Å². The first-order valence-electron chi connectivity index (χ1n) is 7.24. The van der Waals surface area contributed by atoms with Crippen molar-refractivity contribution in [3.8, 4) is 0 Å². The van der Waals surface area contributed by atoms with E-state index in [2.05, 4.69) is 0 Å². The number of aliphatic hydroxyl groups is 2. The second kappa shape index (κ2) is 6.87. The summed E-state index contributed by atoms with van der Waals surface area (Å²) < 4.78 is 0. The molecular weight excluding hydrogens is 344 g/mol. The van der Waals surface area contributed by atoms with Gasteiger partial charge in [-0.1, -0.05) is 60.7 Å². The normalized spacial score (nSPS) is 15.3. The van der Waals surface area contributed by atoms with Crippen molar-refractivity contribution in [2.75, 3.05) is 0 Å². The van der Waals surface area contributed by atoms with Crippen LogP contribution in [0, 0.1) is 0 Å². The number of aliphatic carboxylic acids is 2. The quantitative estimate of drug-likeness (QED) is 0.415. The second-order valence-electron chi connectivity index (χ2n) is 5.39. The Morgan fingerprint density at radius 3 is 1.12 bits per heavy atom. The zero-order valence-corrected chi connectivity index (χ0v) is 13.1. The number of hydrogen-bond donors (Lipinski definition) is 2. The molecule has 26 heavy (non-hydrogen) atoms. The molecule has 0 aliphatic heterocycles. The molecule has 2 aromatic rings. The van der Waals surface area contributed by atoms with Crippen LogP contribution >= 0.6 is 0 Å². The summed E-state index contributed by atoms with van der Waals surface area (Å²) in [5.74, 6) is -8.81. The van der Waals surface area contributed by atoms with Crippen LogP contribution in [0.3, 0.4) is 0 Å². The molecule has 0 spiro atoms. The zero-order chi connectivity index (χ0) is 19.5. The minimum Gasteiger partial charge on any atom is -0.546 e. The van der Waals surface area contributed by atoms with Crippen LogP contribution in [0.25, 0.3) is 0 Å². The molecule has 8 nitrogen and oxygen atoms in total. The third-order valence-electron chi connectivity index (χ3n) is 3.84. The maximum absolute atomic E-state index is 12.5. The van der Waals surface area contributed by atoms with Gasteiger partial charge in [-0.05, 0) is 0 Å². The maximum atomic E-state index is 12.5. The van der Waals surface area contributed by atoms with Gasteiger partial charge in [0, 0.05) is 11.1 Å². The van der Waals surface area contributed by atoms with Crippen LogP contribution in [0.4, 0.5) is 0 Å². The molecule has 0 aliphatic carbocycles. The Kier molecular flexibility index (Phi) is 5.01. The molecule has 0 aromatic heterocycles. The van der Waals surface area contributed by atoms with Crippen molar-refractivity contribution in [2.45, 2.75) is 11.2 Å². The third kappa shape index (κ3) is 2.77. The summed E-state index contributed by atoms with van der Waals surface area (Å²) in [6, 6.07) is 12.4. The number of rotatable bonds is 7. The Balaban J connectivity index is 2.71. The third-order valence-corrected chi connectivity index (χ3v) is 3.84. The fourth-order valence-electron chi connectivity index (χ4n) is 2.41. The van der Waals surface area contributed by atoms with E-state index in [4.69, 9.17) is 0 Å². The van der Waals surface area contributed by atoms with E-state index in [0.717, 1.165) is 24.3 Å². The molecule has 0 unspecified atom stereocenters. The molecule has 0 amide bonds. The summed E-state index contributed by atoms with van der Waals surface area (Å²) in [6.45, 7) is 0. The molecule has 2 rings (SSSR count). The summed E-state index contributed by atoms with van der Waals surface area (Å²) >= 11 is 0. The van der Waals surface area contributed by atoms with Gasteiger partial charge in [0.25, 0.3) is 0 Å². The van der Waals surface area contributed by atoms with Crippen molar-refractivity contribution in [1.29, 1.82) is 0 Å². The first kappa shape index (κ1) is 19.0. The number of carbonyl (C=O) groups is 4. The summed E-state index contributed by atoms with van der Waals surface area (Å²) in [7, 11) is 0. The van der Waals surface area contributed by atoms with Gasteiger partial charge in [0.1, 0.15) is 0 Å². The lowest BCUT2D eigenvalue weighted by Gasteiger charge is -2.42. The Bertz CT molecular complexity index is 788.